The number of carboxylic acid groups (broad SMARTS) is 1. The molecule has 0 amide bonds. The molecule has 0 radical (unpaired) electrons. The Bertz CT molecular complexity index is 240. The smallest absolute Gasteiger partial charge is 0.340 e. The van der Waals surface area contributed by atoms with E-state index in [1.165, 1.54) is 0 Å². The highest BCUT2D eigenvalue weighted by molar-refractivity contribution is 5.84. The van der Waals surface area contributed by atoms with Crippen LogP contribution in [0.3, 0.4) is 0 Å². The second-order valence-electron chi connectivity index (χ2n) is 3.26. The van der Waals surface area contributed by atoms with Crippen molar-refractivity contribution in [1.29, 1.82) is 0 Å². The van der Waals surface area contributed by atoms with Crippen LogP contribution in [0.15, 0.2) is 0 Å². The van der Waals surface area contributed by atoms with Gasteiger partial charge in [-0.3, -0.25) is 0 Å². The largest absolute Gasteiger partial charge is 0.479 e. The average Bonchev–Trinajstić information content (AvgIpc) is 2.23. The van der Waals surface area contributed by atoms with Crippen molar-refractivity contribution in [3.63, 3.8) is 0 Å². The first-order chi connectivity index (χ1) is 7.40. The fourth-order valence-corrected chi connectivity index (χ4v) is 0.905. The molecule has 0 aromatic carbocycles. The number of aliphatic hydroxyl groups is 3. The molecule has 7 heteroatoms. The number of carbonyl (C=O) groups excluding carboxylic acids is 1. The van der Waals surface area contributed by atoms with E-state index < -0.39 is 30.4 Å². The first kappa shape index (κ1) is 14.8. The van der Waals surface area contributed by atoms with Crippen molar-refractivity contribution in [1.82, 2.24) is 0 Å². The van der Waals surface area contributed by atoms with E-state index in [-0.39, 0.29) is 6.42 Å². The van der Waals surface area contributed by atoms with Gasteiger partial charge >= 0.3 is 11.9 Å². The number of aliphatic carboxylic acids is 1. The van der Waals surface area contributed by atoms with Gasteiger partial charge in [-0.1, -0.05) is 13.3 Å². The molecular weight excluding hydrogens is 220 g/mol. The average molecular weight is 236 g/mol. The van der Waals surface area contributed by atoms with Crippen molar-refractivity contribution in [3.05, 3.63) is 0 Å². The van der Waals surface area contributed by atoms with Gasteiger partial charge in [0.25, 0.3) is 0 Å². The van der Waals surface area contributed by atoms with E-state index in [2.05, 4.69) is 4.74 Å². The number of hydrogen-bond acceptors (Lipinski definition) is 6. The Labute approximate surface area is 92.3 Å². The Morgan fingerprint density at radius 2 is 1.75 bits per heavy atom. The van der Waals surface area contributed by atoms with Gasteiger partial charge in [-0.15, -0.1) is 0 Å². The Morgan fingerprint density at radius 1 is 1.19 bits per heavy atom. The third kappa shape index (κ3) is 5.06. The van der Waals surface area contributed by atoms with Crippen LogP contribution in [0, 0.1) is 0 Å². The number of carbonyl (C=O) groups is 2. The van der Waals surface area contributed by atoms with Crippen LogP contribution in [0.2, 0.25) is 0 Å². The Balaban J connectivity index is 4.09. The Hall–Kier alpha value is -1.18. The number of unbranched alkanes of at least 4 members (excludes halogenated alkanes) is 1. The first-order valence-electron chi connectivity index (χ1n) is 4.87. The van der Waals surface area contributed by atoms with Gasteiger partial charge < -0.3 is 25.2 Å². The molecule has 0 bridgehead atoms. The highest BCUT2D eigenvalue weighted by Crippen LogP contribution is 2.05. The summed E-state index contributed by atoms with van der Waals surface area (Å²) in [4.78, 5) is 21.2. The fourth-order valence-electron chi connectivity index (χ4n) is 0.905. The van der Waals surface area contributed by atoms with Crippen LogP contribution in [0.1, 0.15) is 26.2 Å². The first-order valence-corrected chi connectivity index (χ1v) is 4.87. The van der Waals surface area contributed by atoms with Crippen LogP contribution in [0.25, 0.3) is 0 Å². The van der Waals surface area contributed by atoms with Crippen LogP contribution in [0.4, 0.5) is 0 Å². The number of aliphatic hydroxyl groups excluding tert-OH is 3. The molecule has 0 saturated carbocycles. The summed E-state index contributed by atoms with van der Waals surface area (Å²) in [7, 11) is 0. The molecule has 3 atom stereocenters. The van der Waals surface area contributed by atoms with Gasteiger partial charge in [0.2, 0.25) is 6.29 Å². The van der Waals surface area contributed by atoms with Gasteiger partial charge in [-0.05, 0) is 6.42 Å². The van der Waals surface area contributed by atoms with E-state index in [4.69, 9.17) is 20.4 Å². The summed E-state index contributed by atoms with van der Waals surface area (Å²) in [5.74, 6) is -3.11. The van der Waals surface area contributed by atoms with Crippen molar-refractivity contribution >= 4 is 11.9 Å². The molecule has 0 aliphatic heterocycles. The molecule has 0 rings (SSSR count). The van der Waals surface area contributed by atoms with Gasteiger partial charge in [0.15, 0.2) is 12.2 Å². The highest BCUT2D eigenvalue weighted by atomic mass is 16.6. The quantitative estimate of drug-likeness (QED) is 0.325. The minimum absolute atomic E-state index is 0.193. The van der Waals surface area contributed by atoms with E-state index >= 15 is 0 Å². The van der Waals surface area contributed by atoms with Gasteiger partial charge in [0.05, 0.1) is 0 Å². The summed E-state index contributed by atoms with van der Waals surface area (Å²) in [6.07, 6.45) is -4.26. The van der Waals surface area contributed by atoms with Gasteiger partial charge in [0.1, 0.15) is 0 Å². The second kappa shape index (κ2) is 7.15. The summed E-state index contributed by atoms with van der Waals surface area (Å²) >= 11 is 0. The maximum atomic E-state index is 11.0. The van der Waals surface area contributed by atoms with Gasteiger partial charge in [-0.2, -0.15) is 0 Å². The molecule has 0 heterocycles. The predicted octanol–water partition coefficient (Wildman–Crippen LogP) is -1.16. The van der Waals surface area contributed by atoms with Crippen LogP contribution >= 0.6 is 0 Å². The summed E-state index contributed by atoms with van der Waals surface area (Å²) < 4.78 is 4.33. The van der Waals surface area contributed by atoms with Crippen molar-refractivity contribution in [2.45, 2.75) is 44.7 Å². The number of rotatable bonds is 7. The van der Waals surface area contributed by atoms with Gasteiger partial charge in [0, 0.05) is 6.42 Å². The van der Waals surface area contributed by atoms with Crippen LogP contribution in [0.5, 0.6) is 0 Å². The van der Waals surface area contributed by atoms with Crippen LogP contribution < -0.4 is 0 Å². The third-order valence-corrected chi connectivity index (χ3v) is 1.85. The second-order valence-corrected chi connectivity index (χ2v) is 3.26. The molecule has 0 aromatic rings. The van der Waals surface area contributed by atoms with E-state index in [0.29, 0.717) is 6.42 Å². The molecular formula is C9H16O7. The van der Waals surface area contributed by atoms with Gasteiger partial charge in [-0.25, -0.2) is 9.59 Å². The third-order valence-electron chi connectivity index (χ3n) is 1.85. The van der Waals surface area contributed by atoms with Crippen molar-refractivity contribution < 1.29 is 34.8 Å². The minimum Gasteiger partial charge on any atom is -0.479 e. The van der Waals surface area contributed by atoms with Crippen molar-refractivity contribution in [3.8, 4) is 0 Å². The van der Waals surface area contributed by atoms with Crippen molar-refractivity contribution in [2.24, 2.45) is 0 Å². The maximum absolute atomic E-state index is 11.0. The number of carboxylic acids is 1. The Morgan fingerprint density at radius 3 is 2.19 bits per heavy atom. The lowest BCUT2D eigenvalue weighted by Crippen LogP contribution is -2.41. The summed E-state index contributed by atoms with van der Waals surface area (Å²) in [6, 6.07) is 0. The number of esters is 1. The number of hydrogen-bond donors (Lipinski definition) is 4. The van der Waals surface area contributed by atoms with Crippen LogP contribution in [-0.2, 0) is 14.3 Å². The molecule has 4 N–H and O–H groups in total. The summed E-state index contributed by atoms with van der Waals surface area (Å²) in [6.45, 7) is 1.87. The van der Waals surface area contributed by atoms with E-state index in [0.717, 1.165) is 6.42 Å². The van der Waals surface area contributed by atoms with E-state index in [9.17, 15) is 9.59 Å². The van der Waals surface area contributed by atoms with Crippen LogP contribution in [-0.4, -0.2) is 50.9 Å². The molecule has 0 spiro atoms. The zero-order chi connectivity index (χ0) is 12.7. The number of ether oxygens (including phenoxy) is 1. The lowest BCUT2D eigenvalue weighted by atomic mass is 10.2. The maximum Gasteiger partial charge on any atom is 0.340 e. The normalized spacial score (nSPS) is 16.2. The summed E-state index contributed by atoms with van der Waals surface area (Å²) in [5.41, 5.74) is 0. The molecule has 3 unspecified atom stereocenters. The molecule has 0 fully saturated rings. The fraction of sp³-hybridized carbons (Fsp3) is 0.778. The monoisotopic (exact) mass is 236 g/mol. The molecule has 0 saturated heterocycles. The molecule has 94 valence electrons. The van der Waals surface area contributed by atoms with Crippen molar-refractivity contribution in [2.75, 3.05) is 0 Å². The topological polar surface area (TPSA) is 124 Å². The minimum atomic E-state index is -2.26. The Kier molecular flexibility index (Phi) is 6.63. The molecule has 7 nitrogen and oxygen atoms in total. The molecule has 0 aliphatic carbocycles. The zero-order valence-electron chi connectivity index (χ0n) is 8.87. The highest BCUT2D eigenvalue weighted by Gasteiger charge is 2.32. The SMILES string of the molecule is CCCCC(O)OC(=O)C(O)C(O)C(=O)O. The zero-order valence-corrected chi connectivity index (χ0v) is 8.87. The molecule has 0 aromatic heterocycles. The molecule has 0 aliphatic rings. The standard InChI is InChI=1S/C9H16O7/c1-2-3-4-5(10)16-9(15)7(12)6(11)8(13)14/h5-7,10-12H,2-4H2,1H3,(H,13,14). The summed E-state index contributed by atoms with van der Waals surface area (Å²) in [5, 5.41) is 35.3. The lowest BCUT2D eigenvalue weighted by Gasteiger charge is -2.16. The molecule has 16 heavy (non-hydrogen) atoms. The van der Waals surface area contributed by atoms with E-state index in [1.807, 2.05) is 6.92 Å². The van der Waals surface area contributed by atoms with E-state index in [1.54, 1.807) is 0 Å². The lowest BCUT2D eigenvalue weighted by molar-refractivity contribution is -0.188. The predicted molar refractivity (Wildman–Crippen MR) is 51.3 cm³/mol.